The molecule has 16 heavy (non-hydrogen) atoms. The summed E-state index contributed by atoms with van der Waals surface area (Å²) in [6.45, 7) is 3.15. The van der Waals surface area contributed by atoms with E-state index < -0.39 is 10.0 Å². The highest BCUT2D eigenvalue weighted by molar-refractivity contribution is 7.88. The summed E-state index contributed by atoms with van der Waals surface area (Å²) in [6.07, 6.45) is 7.51. The SMILES string of the molecule is CCNC12CCC(NS(C)(=O)=O)(CC1)CC2. The van der Waals surface area contributed by atoms with E-state index in [1.807, 2.05) is 0 Å². The molecule has 2 N–H and O–H groups in total. The van der Waals surface area contributed by atoms with Gasteiger partial charge in [0.1, 0.15) is 0 Å². The fraction of sp³-hybridized carbons (Fsp3) is 1.00. The number of fused-ring (bicyclic) bond motifs is 3. The molecule has 0 atom stereocenters. The van der Waals surface area contributed by atoms with Crippen LogP contribution < -0.4 is 10.0 Å². The third kappa shape index (κ3) is 2.41. The molecule has 0 amide bonds. The second-order valence-electron chi connectivity index (χ2n) is 5.47. The van der Waals surface area contributed by atoms with E-state index in [1.54, 1.807) is 0 Å². The molecule has 0 spiro atoms. The van der Waals surface area contributed by atoms with Crippen molar-refractivity contribution in [2.75, 3.05) is 12.8 Å². The predicted molar refractivity (Wildman–Crippen MR) is 64.8 cm³/mol. The first-order valence-corrected chi connectivity index (χ1v) is 8.02. The van der Waals surface area contributed by atoms with E-state index in [4.69, 9.17) is 0 Å². The van der Waals surface area contributed by atoms with Crippen LogP contribution in [0.25, 0.3) is 0 Å². The molecular weight excluding hydrogens is 224 g/mol. The predicted octanol–water partition coefficient (Wildman–Crippen LogP) is 0.990. The van der Waals surface area contributed by atoms with Crippen molar-refractivity contribution < 1.29 is 8.42 Å². The quantitative estimate of drug-likeness (QED) is 0.778. The normalized spacial score (nSPS) is 38.9. The van der Waals surface area contributed by atoms with Crippen molar-refractivity contribution in [1.29, 1.82) is 0 Å². The van der Waals surface area contributed by atoms with Crippen molar-refractivity contribution >= 4 is 10.0 Å². The highest BCUT2D eigenvalue weighted by Crippen LogP contribution is 2.46. The Morgan fingerprint density at radius 1 is 1.00 bits per heavy atom. The van der Waals surface area contributed by atoms with Crippen LogP contribution >= 0.6 is 0 Å². The number of sulfonamides is 1. The van der Waals surface area contributed by atoms with Gasteiger partial charge in [-0.15, -0.1) is 0 Å². The van der Waals surface area contributed by atoms with Gasteiger partial charge in [-0.05, 0) is 45.1 Å². The van der Waals surface area contributed by atoms with Gasteiger partial charge >= 0.3 is 0 Å². The summed E-state index contributed by atoms with van der Waals surface area (Å²) < 4.78 is 25.6. The average molecular weight is 246 g/mol. The minimum absolute atomic E-state index is 0.134. The number of rotatable bonds is 4. The van der Waals surface area contributed by atoms with E-state index >= 15 is 0 Å². The summed E-state index contributed by atoms with van der Waals surface area (Å²) in [6, 6.07) is 0. The van der Waals surface area contributed by atoms with Gasteiger partial charge in [0.05, 0.1) is 6.26 Å². The monoisotopic (exact) mass is 246 g/mol. The van der Waals surface area contributed by atoms with Crippen LogP contribution in [0.5, 0.6) is 0 Å². The Labute approximate surface area is 98.2 Å². The van der Waals surface area contributed by atoms with Gasteiger partial charge in [0.25, 0.3) is 0 Å². The maximum atomic E-state index is 11.4. The lowest BCUT2D eigenvalue weighted by atomic mass is 9.62. The van der Waals surface area contributed by atoms with Crippen LogP contribution in [0.15, 0.2) is 0 Å². The first-order valence-electron chi connectivity index (χ1n) is 6.13. The largest absolute Gasteiger partial charge is 0.312 e. The van der Waals surface area contributed by atoms with Gasteiger partial charge in [-0.25, -0.2) is 13.1 Å². The summed E-state index contributed by atoms with van der Waals surface area (Å²) in [5, 5.41) is 3.59. The molecule has 0 aromatic heterocycles. The van der Waals surface area contributed by atoms with Gasteiger partial charge in [0.15, 0.2) is 0 Å². The van der Waals surface area contributed by atoms with E-state index in [2.05, 4.69) is 17.0 Å². The van der Waals surface area contributed by atoms with Crippen molar-refractivity contribution in [2.45, 2.75) is 56.5 Å². The third-order valence-corrected chi connectivity index (χ3v) is 5.00. The van der Waals surface area contributed by atoms with Gasteiger partial charge in [-0.3, -0.25) is 0 Å². The fourth-order valence-electron chi connectivity index (χ4n) is 3.37. The summed E-state index contributed by atoms with van der Waals surface area (Å²) >= 11 is 0. The lowest BCUT2D eigenvalue weighted by Crippen LogP contribution is -2.62. The molecule has 0 saturated heterocycles. The van der Waals surface area contributed by atoms with Gasteiger partial charge in [0.2, 0.25) is 10.0 Å². The van der Waals surface area contributed by atoms with E-state index in [1.165, 1.54) is 6.26 Å². The molecule has 4 nitrogen and oxygen atoms in total. The Morgan fingerprint density at radius 3 is 1.81 bits per heavy atom. The van der Waals surface area contributed by atoms with E-state index in [0.717, 1.165) is 45.1 Å². The van der Waals surface area contributed by atoms with Gasteiger partial charge in [-0.2, -0.15) is 0 Å². The Morgan fingerprint density at radius 2 is 1.44 bits per heavy atom. The molecule has 0 aliphatic heterocycles. The highest BCUT2D eigenvalue weighted by atomic mass is 32.2. The summed E-state index contributed by atoms with van der Waals surface area (Å²) in [5.74, 6) is 0. The zero-order chi connectivity index (χ0) is 11.9. The molecule has 3 aliphatic carbocycles. The van der Waals surface area contributed by atoms with Crippen LogP contribution in [0.2, 0.25) is 0 Å². The molecule has 0 heterocycles. The molecule has 5 heteroatoms. The van der Waals surface area contributed by atoms with Crippen LogP contribution in [0.3, 0.4) is 0 Å². The van der Waals surface area contributed by atoms with E-state index in [-0.39, 0.29) is 5.54 Å². The third-order valence-electron chi connectivity index (χ3n) is 4.20. The Hall–Kier alpha value is -0.130. The number of nitrogens with one attached hydrogen (secondary N) is 2. The van der Waals surface area contributed by atoms with Crippen molar-refractivity contribution in [3.8, 4) is 0 Å². The Balaban J connectivity index is 2.05. The standard InChI is InChI=1S/C11H22N2O2S/c1-3-12-10-4-7-11(8-5-10,9-6-10)13-16(2,14)15/h12-13H,3-9H2,1-2H3. The molecular formula is C11H22N2O2S. The molecule has 0 unspecified atom stereocenters. The lowest BCUT2D eigenvalue weighted by molar-refractivity contribution is 0.0733. The molecule has 94 valence electrons. The molecule has 3 saturated carbocycles. The molecule has 0 radical (unpaired) electrons. The fourth-order valence-corrected chi connectivity index (χ4v) is 4.46. The lowest BCUT2D eigenvalue weighted by Gasteiger charge is -2.53. The Kier molecular flexibility index (Phi) is 3.05. The topological polar surface area (TPSA) is 58.2 Å². The summed E-state index contributed by atoms with van der Waals surface area (Å²) in [4.78, 5) is 0. The number of hydrogen-bond acceptors (Lipinski definition) is 3. The summed E-state index contributed by atoms with van der Waals surface area (Å²) in [5.41, 5.74) is 0.167. The first kappa shape index (κ1) is 12.3. The molecule has 2 bridgehead atoms. The van der Waals surface area contributed by atoms with Crippen molar-refractivity contribution in [3.63, 3.8) is 0 Å². The van der Waals surface area contributed by atoms with Crippen LogP contribution in [0, 0.1) is 0 Å². The van der Waals surface area contributed by atoms with Crippen molar-refractivity contribution in [1.82, 2.24) is 10.0 Å². The van der Waals surface area contributed by atoms with Gasteiger partial charge < -0.3 is 5.32 Å². The second-order valence-corrected chi connectivity index (χ2v) is 7.21. The maximum Gasteiger partial charge on any atom is 0.209 e. The van der Waals surface area contributed by atoms with Crippen LogP contribution in [0.1, 0.15) is 45.4 Å². The minimum Gasteiger partial charge on any atom is -0.312 e. The smallest absolute Gasteiger partial charge is 0.209 e. The molecule has 3 aliphatic rings. The minimum atomic E-state index is -3.07. The van der Waals surface area contributed by atoms with Crippen LogP contribution in [0.4, 0.5) is 0 Å². The molecule has 3 fully saturated rings. The zero-order valence-corrected chi connectivity index (χ0v) is 11.0. The molecule has 0 aromatic carbocycles. The van der Waals surface area contributed by atoms with E-state index in [9.17, 15) is 8.42 Å². The molecule has 3 rings (SSSR count). The van der Waals surface area contributed by atoms with Gasteiger partial charge in [0, 0.05) is 11.1 Å². The van der Waals surface area contributed by atoms with Crippen molar-refractivity contribution in [3.05, 3.63) is 0 Å². The zero-order valence-electron chi connectivity index (χ0n) is 10.2. The van der Waals surface area contributed by atoms with Crippen LogP contribution in [-0.4, -0.2) is 32.3 Å². The second kappa shape index (κ2) is 3.96. The van der Waals surface area contributed by atoms with Gasteiger partial charge in [-0.1, -0.05) is 6.92 Å². The summed E-state index contributed by atoms with van der Waals surface area (Å²) in [7, 11) is -3.07. The van der Waals surface area contributed by atoms with E-state index in [0.29, 0.717) is 5.54 Å². The average Bonchev–Trinajstić information content (AvgIpc) is 2.18. The maximum absolute atomic E-state index is 11.4. The first-order chi connectivity index (χ1) is 7.39. The Bertz CT molecular complexity index is 340. The highest BCUT2D eigenvalue weighted by Gasteiger charge is 2.49. The van der Waals surface area contributed by atoms with Crippen molar-refractivity contribution in [2.24, 2.45) is 0 Å². The molecule has 0 aromatic rings. The number of hydrogen-bond donors (Lipinski definition) is 2. The van der Waals surface area contributed by atoms with Crippen LogP contribution in [-0.2, 0) is 10.0 Å².